The quantitative estimate of drug-likeness (QED) is 0.832. The molecule has 25 heavy (non-hydrogen) atoms. The Morgan fingerprint density at radius 2 is 1.80 bits per heavy atom. The van der Waals surface area contributed by atoms with Crippen molar-refractivity contribution >= 4 is 5.91 Å². The second kappa shape index (κ2) is 8.19. The van der Waals surface area contributed by atoms with Gasteiger partial charge in [0.1, 0.15) is 5.75 Å². The van der Waals surface area contributed by atoms with Crippen LogP contribution in [0.4, 0.5) is 0 Å². The molecule has 0 saturated heterocycles. The van der Waals surface area contributed by atoms with E-state index in [4.69, 9.17) is 9.84 Å². The van der Waals surface area contributed by atoms with Crippen molar-refractivity contribution in [3.8, 4) is 11.4 Å². The van der Waals surface area contributed by atoms with Gasteiger partial charge >= 0.3 is 0 Å². The van der Waals surface area contributed by atoms with Crippen molar-refractivity contribution in [2.24, 2.45) is 11.8 Å². The Labute approximate surface area is 150 Å². The third kappa shape index (κ3) is 4.62. The highest BCUT2D eigenvalue weighted by Gasteiger charge is 2.22. The SMILES string of the molecule is COc1ccc(-n2nc(CC(C)C)c(C(=O)NCC(C)C)c2C)cc1. The van der Waals surface area contributed by atoms with Crippen LogP contribution >= 0.6 is 0 Å². The molecular weight excluding hydrogens is 314 g/mol. The summed E-state index contributed by atoms with van der Waals surface area (Å²) in [4.78, 5) is 12.7. The molecule has 0 radical (unpaired) electrons. The Hall–Kier alpha value is -2.30. The van der Waals surface area contributed by atoms with Crippen LogP contribution in [-0.4, -0.2) is 29.3 Å². The van der Waals surface area contributed by atoms with Gasteiger partial charge in [0.05, 0.1) is 29.7 Å². The first-order valence-electron chi connectivity index (χ1n) is 8.84. The topological polar surface area (TPSA) is 56.2 Å². The summed E-state index contributed by atoms with van der Waals surface area (Å²) in [7, 11) is 1.64. The highest BCUT2D eigenvalue weighted by Crippen LogP contribution is 2.22. The molecule has 0 aliphatic carbocycles. The number of hydrogen-bond donors (Lipinski definition) is 1. The Morgan fingerprint density at radius 3 is 2.32 bits per heavy atom. The molecule has 0 fully saturated rings. The summed E-state index contributed by atoms with van der Waals surface area (Å²) < 4.78 is 7.06. The van der Waals surface area contributed by atoms with Gasteiger partial charge in [-0.1, -0.05) is 27.7 Å². The number of benzene rings is 1. The average molecular weight is 343 g/mol. The van der Waals surface area contributed by atoms with Gasteiger partial charge in [0.25, 0.3) is 5.91 Å². The summed E-state index contributed by atoms with van der Waals surface area (Å²) in [5.41, 5.74) is 3.34. The summed E-state index contributed by atoms with van der Waals surface area (Å²) in [5.74, 6) is 1.59. The van der Waals surface area contributed by atoms with Crippen LogP contribution in [0.3, 0.4) is 0 Å². The molecule has 0 spiro atoms. The zero-order chi connectivity index (χ0) is 18.6. The molecule has 1 amide bonds. The van der Waals surface area contributed by atoms with E-state index >= 15 is 0 Å². The van der Waals surface area contributed by atoms with Crippen molar-refractivity contribution in [3.05, 3.63) is 41.2 Å². The third-order valence-electron chi connectivity index (χ3n) is 4.01. The fraction of sp³-hybridized carbons (Fsp3) is 0.500. The maximum absolute atomic E-state index is 12.7. The van der Waals surface area contributed by atoms with Crippen LogP contribution in [0.25, 0.3) is 5.69 Å². The molecule has 1 N–H and O–H groups in total. The Bertz CT molecular complexity index is 715. The molecule has 0 saturated carbocycles. The molecule has 136 valence electrons. The highest BCUT2D eigenvalue weighted by molar-refractivity contribution is 5.96. The lowest BCUT2D eigenvalue weighted by Crippen LogP contribution is -2.28. The molecule has 0 aliphatic rings. The van der Waals surface area contributed by atoms with Crippen molar-refractivity contribution < 1.29 is 9.53 Å². The summed E-state index contributed by atoms with van der Waals surface area (Å²) in [6.07, 6.45) is 0.772. The van der Waals surface area contributed by atoms with E-state index in [1.165, 1.54) is 0 Å². The first-order valence-corrected chi connectivity index (χ1v) is 8.84. The van der Waals surface area contributed by atoms with Crippen molar-refractivity contribution in [2.75, 3.05) is 13.7 Å². The van der Waals surface area contributed by atoms with Crippen LogP contribution < -0.4 is 10.1 Å². The zero-order valence-corrected chi connectivity index (χ0v) is 16.1. The van der Waals surface area contributed by atoms with E-state index in [-0.39, 0.29) is 5.91 Å². The summed E-state index contributed by atoms with van der Waals surface area (Å²) >= 11 is 0. The van der Waals surface area contributed by atoms with Gasteiger partial charge in [-0.15, -0.1) is 0 Å². The van der Waals surface area contributed by atoms with Crippen molar-refractivity contribution in [2.45, 2.75) is 41.0 Å². The first-order chi connectivity index (χ1) is 11.8. The smallest absolute Gasteiger partial charge is 0.255 e. The number of nitrogens with one attached hydrogen (secondary N) is 1. The maximum Gasteiger partial charge on any atom is 0.255 e. The third-order valence-corrected chi connectivity index (χ3v) is 4.01. The minimum Gasteiger partial charge on any atom is -0.497 e. The lowest BCUT2D eigenvalue weighted by Gasteiger charge is -2.10. The predicted octanol–water partition coefficient (Wildman–Crippen LogP) is 3.77. The number of ether oxygens (including phenoxy) is 1. The molecular formula is C20H29N3O2. The number of rotatable bonds is 7. The molecule has 5 heteroatoms. The highest BCUT2D eigenvalue weighted by atomic mass is 16.5. The van der Waals surface area contributed by atoms with Gasteiger partial charge < -0.3 is 10.1 Å². The van der Waals surface area contributed by atoms with Gasteiger partial charge in [-0.3, -0.25) is 4.79 Å². The monoisotopic (exact) mass is 343 g/mol. The number of carbonyl (C=O) groups excluding carboxylic acids is 1. The van der Waals surface area contributed by atoms with E-state index in [9.17, 15) is 4.79 Å². The van der Waals surface area contributed by atoms with Gasteiger partial charge in [-0.05, 0) is 49.4 Å². The maximum atomic E-state index is 12.7. The van der Waals surface area contributed by atoms with Crippen LogP contribution in [0.15, 0.2) is 24.3 Å². The largest absolute Gasteiger partial charge is 0.497 e. The molecule has 1 aromatic heterocycles. The second-order valence-corrected chi connectivity index (χ2v) is 7.22. The summed E-state index contributed by atoms with van der Waals surface area (Å²) in [6, 6.07) is 7.70. The van der Waals surface area contributed by atoms with Gasteiger partial charge in [0.2, 0.25) is 0 Å². The Morgan fingerprint density at radius 1 is 1.16 bits per heavy atom. The lowest BCUT2D eigenvalue weighted by atomic mass is 10.0. The van der Waals surface area contributed by atoms with Crippen LogP contribution in [0, 0.1) is 18.8 Å². The van der Waals surface area contributed by atoms with Gasteiger partial charge in [-0.25, -0.2) is 4.68 Å². The minimum absolute atomic E-state index is 0.0402. The standard InChI is InChI=1S/C20H29N3O2/c1-13(2)11-18-19(20(24)21-12-14(3)4)15(5)23(22-18)16-7-9-17(25-6)10-8-16/h7-10,13-14H,11-12H2,1-6H3,(H,21,24). The summed E-state index contributed by atoms with van der Waals surface area (Å²) in [5, 5.41) is 7.76. The second-order valence-electron chi connectivity index (χ2n) is 7.22. The average Bonchev–Trinajstić information content (AvgIpc) is 2.88. The fourth-order valence-electron chi connectivity index (χ4n) is 2.75. The van der Waals surface area contributed by atoms with E-state index < -0.39 is 0 Å². The normalized spacial score (nSPS) is 11.2. The Balaban J connectivity index is 2.42. The van der Waals surface area contributed by atoms with Gasteiger partial charge in [0, 0.05) is 6.54 Å². The lowest BCUT2D eigenvalue weighted by molar-refractivity contribution is 0.0947. The number of hydrogen-bond acceptors (Lipinski definition) is 3. The molecule has 1 aromatic carbocycles. The van der Waals surface area contributed by atoms with Gasteiger partial charge in [0.15, 0.2) is 0 Å². The number of nitrogens with zero attached hydrogens (tertiary/aromatic N) is 2. The minimum atomic E-state index is -0.0402. The molecule has 0 atom stereocenters. The van der Waals surface area contributed by atoms with Crippen LogP contribution in [-0.2, 0) is 6.42 Å². The number of aromatic nitrogens is 2. The Kier molecular flexibility index (Phi) is 6.23. The van der Waals surface area contributed by atoms with Crippen LogP contribution in [0.5, 0.6) is 5.75 Å². The fourth-order valence-corrected chi connectivity index (χ4v) is 2.75. The van der Waals surface area contributed by atoms with Crippen molar-refractivity contribution in [1.29, 1.82) is 0 Å². The van der Waals surface area contributed by atoms with Crippen molar-refractivity contribution in [3.63, 3.8) is 0 Å². The van der Waals surface area contributed by atoms with E-state index in [0.717, 1.165) is 29.2 Å². The molecule has 1 heterocycles. The zero-order valence-electron chi connectivity index (χ0n) is 16.1. The van der Waals surface area contributed by atoms with E-state index in [1.807, 2.05) is 35.9 Å². The molecule has 0 aliphatic heterocycles. The summed E-state index contributed by atoms with van der Waals surface area (Å²) in [6.45, 7) is 11.1. The number of methoxy groups -OCH3 is 1. The van der Waals surface area contributed by atoms with Crippen LogP contribution in [0.1, 0.15) is 49.4 Å². The van der Waals surface area contributed by atoms with Crippen molar-refractivity contribution in [1.82, 2.24) is 15.1 Å². The molecule has 2 rings (SSSR count). The number of carbonyl (C=O) groups is 1. The van der Waals surface area contributed by atoms with Gasteiger partial charge in [-0.2, -0.15) is 5.10 Å². The molecule has 0 bridgehead atoms. The predicted molar refractivity (Wildman–Crippen MR) is 101 cm³/mol. The van der Waals surface area contributed by atoms with E-state index in [1.54, 1.807) is 7.11 Å². The first kappa shape index (κ1) is 19.0. The van der Waals surface area contributed by atoms with E-state index in [2.05, 4.69) is 33.0 Å². The molecule has 5 nitrogen and oxygen atoms in total. The molecule has 2 aromatic rings. The number of amides is 1. The van der Waals surface area contributed by atoms with Crippen LogP contribution in [0.2, 0.25) is 0 Å². The molecule has 0 unspecified atom stereocenters. The van der Waals surface area contributed by atoms with E-state index in [0.29, 0.717) is 23.9 Å².